The van der Waals surface area contributed by atoms with Crippen LogP contribution in [0.2, 0.25) is 0 Å². The molecular formula is C9H19NO2S. The highest BCUT2D eigenvalue weighted by Crippen LogP contribution is 2.22. The first-order valence-electron chi connectivity index (χ1n) is 4.39. The largest absolute Gasteiger partial charge is 0.394 e. The van der Waals surface area contributed by atoms with Crippen molar-refractivity contribution in [3.05, 3.63) is 0 Å². The normalized spacial score (nSPS) is 13.9. The zero-order valence-corrected chi connectivity index (χ0v) is 9.57. The molecule has 0 aromatic carbocycles. The molecule has 0 bridgehead atoms. The van der Waals surface area contributed by atoms with E-state index < -0.39 is 0 Å². The summed E-state index contributed by atoms with van der Waals surface area (Å²) in [6.45, 7) is 7.98. The quantitative estimate of drug-likeness (QED) is 0.720. The van der Waals surface area contributed by atoms with Gasteiger partial charge in [-0.3, -0.25) is 4.79 Å². The summed E-state index contributed by atoms with van der Waals surface area (Å²) in [7, 11) is 0. The number of aliphatic hydroxyl groups excluding tert-OH is 1. The average Bonchev–Trinajstić information content (AvgIpc) is 1.99. The molecule has 1 amide bonds. The monoisotopic (exact) mass is 205 g/mol. The molecule has 0 saturated heterocycles. The second kappa shape index (κ2) is 5.50. The van der Waals surface area contributed by atoms with Gasteiger partial charge in [-0.15, -0.1) is 11.8 Å². The summed E-state index contributed by atoms with van der Waals surface area (Å²) in [5, 5.41) is 11.4. The van der Waals surface area contributed by atoms with Crippen LogP contribution in [0.15, 0.2) is 0 Å². The van der Waals surface area contributed by atoms with Gasteiger partial charge in [-0.05, 0) is 6.92 Å². The van der Waals surface area contributed by atoms with Crippen LogP contribution in [0.4, 0.5) is 0 Å². The number of hydrogen-bond donors (Lipinski definition) is 2. The van der Waals surface area contributed by atoms with Crippen LogP contribution >= 0.6 is 11.8 Å². The highest BCUT2D eigenvalue weighted by Gasteiger charge is 2.14. The first-order chi connectivity index (χ1) is 5.85. The van der Waals surface area contributed by atoms with Crippen molar-refractivity contribution in [2.45, 2.75) is 38.5 Å². The van der Waals surface area contributed by atoms with Gasteiger partial charge in [-0.2, -0.15) is 0 Å². The molecule has 0 fully saturated rings. The summed E-state index contributed by atoms with van der Waals surface area (Å²) in [5.74, 6) is 0.440. The van der Waals surface area contributed by atoms with Gasteiger partial charge in [0.05, 0.1) is 12.4 Å². The van der Waals surface area contributed by atoms with Crippen LogP contribution in [0.3, 0.4) is 0 Å². The van der Waals surface area contributed by atoms with Crippen molar-refractivity contribution in [3.63, 3.8) is 0 Å². The van der Waals surface area contributed by atoms with Gasteiger partial charge in [0.1, 0.15) is 0 Å². The SMILES string of the molecule is C[C@@H](CO)NC(=O)CSC(C)(C)C. The molecule has 1 atom stereocenters. The highest BCUT2D eigenvalue weighted by atomic mass is 32.2. The van der Waals surface area contributed by atoms with Crippen LogP contribution in [0, 0.1) is 0 Å². The van der Waals surface area contributed by atoms with E-state index in [-0.39, 0.29) is 23.3 Å². The molecule has 13 heavy (non-hydrogen) atoms. The molecule has 3 nitrogen and oxygen atoms in total. The third-order valence-corrected chi connectivity index (χ3v) is 2.59. The number of aliphatic hydroxyl groups is 1. The van der Waals surface area contributed by atoms with E-state index in [1.54, 1.807) is 18.7 Å². The van der Waals surface area contributed by atoms with Crippen molar-refractivity contribution in [2.75, 3.05) is 12.4 Å². The molecule has 4 heteroatoms. The molecule has 0 radical (unpaired) electrons. The fraction of sp³-hybridized carbons (Fsp3) is 0.889. The smallest absolute Gasteiger partial charge is 0.230 e. The van der Waals surface area contributed by atoms with Crippen molar-refractivity contribution in [1.82, 2.24) is 5.32 Å². The molecule has 0 aliphatic carbocycles. The Kier molecular flexibility index (Phi) is 5.40. The lowest BCUT2D eigenvalue weighted by Crippen LogP contribution is -2.36. The van der Waals surface area contributed by atoms with Gasteiger partial charge in [0.2, 0.25) is 5.91 Å². The molecule has 0 heterocycles. The van der Waals surface area contributed by atoms with Gasteiger partial charge in [0, 0.05) is 10.8 Å². The van der Waals surface area contributed by atoms with Gasteiger partial charge in [-0.25, -0.2) is 0 Å². The van der Waals surface area contributed by atoms with E-state index >= 15 is 0 Å². The van der Waals surface area contributed by atoms with Gasteiger partial charge < -0.3 is 10.4 Å². The number of nitrogens with one attached hydrogen (secondary N) is 1. The molecule has 0 aromatic rings. The Morgan fingerprint density at radius 2 is 2.08 bits per heavy atom. The maximum atomic E-state index is 11.2. The lowest BCUT2D eigenvalue weighted by atomic mass is 10.3. The number of hydrogen-bond acceptors (Lipinski definition) is 3. The van der Waals surface area contributed by atoms with Crippen molar-refractivity contribution in [3.8, 4) is 0 Å². The Morgan fingerprint density at radius 3 is 2.46 bits per heavy atom. The number of rotatable bonds is 4. The molecule has 0 aliphatic rings. The van der Waals surface area contributed by atoms with Crippen LogP contribution < -0.4 is 5.32 Å². The minimum Gasteiger partial charge on any atom is -0.394 e. The van der Waals surface area contributed by atoms with Crippen LogP contribution in [0.5, 0.6) is 0 Å². The van der Waals surface area contributed by atoms with Crippen LogP contribution in [0.25, 0.3) is 0 Å². The summed E-state index contributed by atoms with van der Waals surface area (Å²) < 4.78 is 0.111. The van der Waals surface area contributed by atoms with Crippen molar-refractivity contribution in [2.24, 2.45) is 0 Å². The Balaban J connectivity index is 3.64. The van der Waals surface area contributed by atoms with Crippen LogP contribution in [0.1, 0.15) is 27.7 Å². The van der Waals surface area contributed by atoms with E-state index in [9.17, 15) is 4.79 Å². The lowest BCUT2D eigenvalue weighted by molar-refractivity contribution is -0.119. The molecule has 0 spiro atoms. The minimum atomic E-state index is -0.145. The molecule has 0 saturated carbocycles. The zero-order valence-electron chi connectivity index (χ0n) is 8.76. The molecule has 0 rings (SSSR count). The van der Waals surface area contributed by atoms with E-state index in [1.165, 1.54) is 0 Å². The Hall–Kier alpha value is -0.220. The predicted octanol–water partition coefficient (Wildman–Crippen LogP) is 1.02. The van der Waals surface area contributed by atoms with E-state index in [0.717, 1.165) is 0 Å². The predicted molar refractivity (Wildman–Crippen MR) is 56.9 cm³/mol. The van der Waals surface area contributed by atoms with Gasteiger partial charge in [0.25, 0.3) is 0 Å². The second-order valence-electron chi connectivity index (χ2n) is 4.05. The third-order valence-electron chi connectivity index (χ3n) is 1.32. The van der Waals surface area contributed by atoms with Crippen molar-refractivity contribution in [1.29, 1.82) is 0 Å². The number of amides is 1. The fourth-order valence-corrected chi connectivity index (χ4v) is 1.29. The first kappa shape index (κ1) is 12.8. The van der Waals surface area contributed by atoms with Crippen molar-refractivity contribution >= 4 is 17.7 Å². The minimum absolute atomic E-state index is 0.00801. The average molecular weight is 205 g/mol. The van der Waals surface area contributed by atoms with Gasteiger partial charge in [-0.1, -0.05) is 20.8 Å². The summed E-state index contributed by atoms with van der Waals surface area (Å²) in [6.07, 6.45) is 0. The highest BCUT2D eigenvalue weighted by molar-refractivity contribution is 8.01. The van der Waals surface area contributed by atoms with Gasteiger partial charge >= 0.3 is 0 Å². The first-order valence-corrected chi connectivity index (χ1v) is 5.38. The van der Waals surface area contributed by atoms with Crippen LogP contribution in [-0.4, -0.2) is 34.2 Å². The maximum Gasteiger partial charge on any atom is 0.230 e. The summed E-state index contributed by atoms with van der Waals surface area (Å²) >= 11 is 1.60. The Bertz CT molecular complexity index is 165. The Morgan fingerprint density at radius 1 is 1.54 bits per heavy atom. The van der Waals surface area contributed by atoms with Crippen LogP contribution in [-0.2, 0) is 4.79 Å². The van der Waals surface area contributed by atoms with Crippen molar-refractivity contribution < 1.29 is 9.90 Å². The van der Waals surface area contributed by atoms with E-state index in [1.807, 2.05) is 0 Å². The fourth-order valence-electron chi connectivity index (χ4n) is 0.644. The van der Waals surface area contributed by atoms with Gasteiger partial charge in [0.15, 0.2) is 0 Å². The second-order valence-corrected chi connectivity index (χ2v) is 5.85. The standard InChI is InChI=1S/C9H19NO2S/c1-7(5-11)10-8(12)6-13-9(2,3)4/h7,11H,5-6H2,1-4H3,(H,10,12)/t7-/m0/s1. The van der Waals surface area contributed by atoms with E-state index in [4.69, 9.17) is 5.11 Å². The molecule has 78 valence electrons. The molecular weight excluding hydrogens is 186 g/mol. The summed E-state index contributed by atoms with van der Waals surface area (Å²) in [6, 6.07) is -0.145. The summed E-state index contributed by atoms with van der Waals surface area (Å²) in [4.78, 5) is 11.2. The third kappa shape index (κ3) is 8.12. The van der Waals surface area contributed by atoms with E-state index in [0.29, 0.717) is 5.75 Å². The maximum absolute atomic E-state index is 11.2. The lowest BCUT2D eigenvalue weighted by Gasteiger charge is -2.18. The number of thioether (sulfide) groups is 1. The molecule has 2 N–H and O–H groups in total. The summed E-state index contributed by atoms with van der Waals surface area (Å²) in [5.41, 5.74) is 0. The van der Waals surface area contributed by atoms with E-state index in [2.05, 4.69) is 26.1 Å². The Labute approximate surface area is 84.3 Å². The molecule has 0 unspecified atom stereocenters. The topological polar surface area (TPSA) is 49.3 Å². The molecule has 0 aromatic heterocycles. The number of carbonyl (C=O) groups excluding carboxylic acids is 1. The molecule has 0 aliphatic heterocycles. The number of carbonyl (C=O) groups is 1. The zero-order chi connectivity index (χ0) is 10.5.